The second-order valence-electron chi connectivity index (χ2n) is 2.28. The molecule has 0 aliphatic carbocycles. The van der Waals surface area contributed by atoms with E-state index in [1.54, 1.807) is 18.5 Å². The first kappa shape index (κ1) is 9.32. The van der Waals surface area contributed by atoms with Crippen LogP contribution in [0.2, 0.25) is 0 Å². The number of hydrogen-bond donors (Lipinski definition) is 0. The normalized spacial score (nSPS) is 11.9. The van der Waals surface area contributed by atoms with Gasteiger partial charge in [-0.15, -0.1) is 0 Å². The van der Waals surface area contributed by atoms with Gasteiger partial charge in [-0.25, -0.2) is 9.97 Å². The van der Waals surface area contributed by atoms with Gasteiger partial charge in [-0.2, -0.15) is 0 Å². The highest BCUT2D eigenvalue weighted by Gasteiger charge is 1.96. The van der Waals surface area contributed by atoms with Gasteiger partial charge in [-0.05, 0) is 13.0 Å². The monoisotopic (exact) mass is 173 g/mol. The summed E-state index contributed by atoms with van der Waals surface area (Å²) in [5.41, 5.74) is 1.64. The molecule has 0 spiro atoms. The Hall–Kier alpha value is -1.77. The van der Waals surface area contributed by atoms with Crippen LogP contribution in [0.5, 0.6) is 0 Å². The van der Waals surface area contributed by atoms with Crippen molar-refractivity contribution >= 4 is 11.9 Å². The smallest absolute Gasteiger partial charge is 0.116 e. The van der Waals surface area contributed by atoms with Crippen molar-refractivity contribution in [3.63, 3.8) is 0 Å². The van der Waals surface area contributed by atoms with Gasteiger partial charge in [0.15, 0.2) is 0 Å². The van der Waals surface area contributed by atoms with E-state index in [0.29, 0.717) is 0 Å². The summed E-state index contributed by atoms with van der Waals surface area (Å²) < 4.78 is 0. The Bertz CT molecular complexity index is 325. The lowest BCUT2D eigenvalue weighted by molar-refractivity contribution is 1.13. The second-order valence-corrected chi connectivity index (χ2v) is 2.28. The third-order valence-electron chi connectivity index (χ3n) is 1.44. The van der Waals surface area contributed by atoms with Crippen molar-refractivity contribution in [2.45, 2.75) is 6.92 Å². The summed E-state index contributed by atoms with van der Waals surface area (Å²) in [4.78, 5) is 12.1. The zero-order chi connectivity index (χ0) is 9.52. The van der Waals surface area contributed by atoms with Crippen LogP contribution in [0.3, 0.4) is 0 Å². The standard InChI is InChI=1S/C10H11N3/c1-3-6-12-9(4-2)10-5-7-11-8-13-10/h3-8H,1H2,2H3/b9-4-,12-6?. The summed E-state index contributed by atoms with van der Waals surface area (Å²) in [5, 5.41) is 0. The molecule has 0 N–H and O–H groups in total. The molecule has 1 aromatic rings. The van der Waals surface area contributed by atoms with Gasteiger partial charge in [-0.1, -0.05) is 18.7 Å². The Kier molecular flexibility index (Phi) is 3.57. The molecule has 13 heavy (non-hydrogen) atoms. The Balaban J connectivity index is 2.92. The molecule has 0 bridgehead atoms. The molecule has 0 unspecified atom stereocenters. The van der Waals surface area contributed by atoms with Crippen LogP contribution in [0, 0.1) is 0 Å². The van der Waals surface area contributed by atoms with E-state index in [1.165, 1.54) is 6.33 Å². The first-order chi connectivity index (χ1) is 6.38. The molecule has 1 rings (SSSR count). The summed E-state index contributed by atoms with van der Waals surface area (Å²) in [6.07, 6.45) is 8.35. The van der Waals surface area contributed by atoms with Gasteiger partial charge in [0.1, 0.15) is 6.33 Å². The van der Waals surface area contributed by atoms with E-state index in [0.717, 1.165) is 11.4 Å². The number of aromatic nitrogens is 2. The Labute approximate surface area is 77.6 Å². The molecule has 0 aliphatic heterocycles. The fourth-order valence-corrected chi connectivity index (χ4v) is 0.864. The minimum absolute atomic E-state index is 0.815. The van der Waals surface area contributed by atoms with Gasteiger partial charge in [0, 0.05) is 12.4 Å². The quantitative estimate of drug-likeness (QED) is 0.656. The lowest BCUT2D eigenvalue weighted by Crippen LogP contribution is -1.86. The Morgan fingerprint density at radius 3 is 3.00 bits per heavy atom. The molecule has 0 fully saturated rings. The van der Waals surface area contributed by atoms with E-state index in [2.05, 4.69) is 21.5 Å². The van der Waals surface area contributed by atoms with Gasteiger partial charge in [0.05, 0.1) is 11.4 Å². The predicted molar refractivity (Wildman–Crippen MR) is 54.4 cm³/mol. The molecule has 0 aromatic carbocycles. The zero-order valence-electron chi connectivity index (χ0n) is 7.51. The Morgan fingerprint density at radius 2 is 2.46 bits per heavy atom. The van der Waals surface area contributed by atoms with Crippen molar-refractivity contribution in [1.82, 2.24) is 9.97 Å². The molecule has 1 heterocycles. The molecule has 3 heteroatoms. The topological polar surface area (TPSA) is 38.1 Å². The third kappa shape index (κ3) is 2.63. The average Bonchev–Trinajstić information content (AvgIpc) is 2.21. The van der Waals surface area contributed by atoms with Crippen LogP contribution >= 0.6 is 0 Å². The summed E-state index contributed by atoms with van der Waals surface area (Å²) in [5.74, 6) is 0. The van der Waals surface area contributed by atoms with Crippen LogP contribution in [0.4, 0.5) is 0 Å². The number of rotatable bonds is 3. The predicted octanol–water partition coefficient (Wildman–Crippen LogP) is 2.09. The average molecular weight is 173 g/mol. The minimum atomic E-state index is 0.815. The number of aliphatic imine (C=N–C) groups is 1. The maximum absolute atomic E-state index is 4.16. The summed E-state index contributed by atoms with van der Waals surface area (Å²) >= 11 is 0. The van der Waals surface area contributed by atoms with Gasteiger partial charge >= 0.3 is 0 Å². The van der Waals surface area contributed by atoms with Crippen LogP contribution < -0.4 is 0 Å². The van der Waals surface area contributed by atoms with E-state index in [-0.39, 0.29) is 0 Å². The zero-order valence-corrected chi connectivity index (χ0v) is 7.51. The van der Waals surface area contributed by atoms with Gasteiger partial charge in [-0.3, -0.25) is 4.99 Å². The number of allylic oxidation sites excluding steroid dienone is 2. The lowest BCUT2D eigenvalue weighted by atomic mass is 10.3. The molecule has 0 saturated carbocycles. The minimum Gasteiger partial charge on any atom is -0.255 e. The molecule has 0 aliphatic rings. The molecule has 66 valence electrons. The van der Waals surface area contributed by atoms with Crippen LogP contribution in [0.25, 0.3) is 5.70 Å². The fourth-order valence-electron chi connectivity index (χ4n) is 0.864. The first-order valence-electron chi connectivity index (χ1n) is 3.96. The highest BCUT2D eigenvalue weighted by atomic mass is 14.9. The van der Waals surface area contributed by atoms with Crippen molar-refractivity contribution in [3.05, 3.63) is 43.0 Å². The van der Waals surface area contributed by atoms with Crippen molar-refractivity contribution in [2.75, 3.05) is 0 Å². The van der Waals surface area contributed by atoms with E-state index in [1.807, 2.05) is 19.1 Å². The summed E-state index contributed by atoms with van der Waals surface area (Å²) in [7, 11) is 0. The highest BCUT2D eigenvalue weighted by molar-refractivity contribution is 5.78. The maximum Gasteiger partial charge on any atom is 0.116 e. The van der Waals surface area contributed by atoms with Crippen molar-refractivity contribution < 1.29 is 0 Å². The largest absolute Gasteiger partial charge is 0.255 e. The molecule has 1 aromatic heterocycles. The van der Waals surface area contributed by atoms with Crippen molar-refractivity contribution in [1.29, 1.82) is 0 Å². The van der Waals surface area contributed by atoms with Crippen LogP contribution in [-0.4, -0.2) is 16.2 Å². The molecule has 0 amide bonds. The maximum atomic E-state index is 4.16. The van der Waals surface area contributed by atoms with Crippen LogP contribution in [0.1, 0.15) is 12.6 Å². The fraction of sp³-hybridized carbons (Fsp3) is 0.100. The third-order valence-corrected chi connectivity index (χ3v) is 1.44. The van der Waals surface area contributed by atoms with E-state index in [4.69, 9.17) is 0 Å². The SMILES string of the molecule is C=CC=N/C(=C\C)c1ccncn1. The van der Waals surface area contributed by atoms with Gasteiger partial charge in [0.2, 0.25) is 0 Å². The molecule has 3 nitrogen and oxygen atoms in total. The van der Waals surface area contributed by atoms with Crippen molar-refractivity contribution in [2.24, 2.45) is 4.99 Å². The highest BCUT2D eigenvalue weighted by Crippen LogP contribution is 2.10. The van der Waals surface area contributed by atoms with E-state index < -0.39 is 0 Å². The van der Waals surface area contributed by atoms with E-state index in [9.17, 15) is 0 Å². The molecule has 0 saturated heterocycles. The van der Waals surface area contributed by atoms with Gasteiger partial charge in [0.25, 0.3) is 0 Å². The number of nitrogens with zero attached hydrogens (tertiary/aromatic N) is 3. The van der Waals surface area contributed by atoms with Crippen LogP contribution in [0.15, 0.2) is 42.3 Å². The second kappa shape index (κ2) is 4.98. The first-order valence-corrected chi connectivity index (χ1v) is 3.96. The molecular weight excluding hydrogens is 162 g/mol. The molecule has 0 atom stereocenters. The van der Waals surface area contributed by atoms with Crippen molar-refractivity contribution in [3.8, 4) is 0 Å². The molecule has 0 radical (unpaired) electrons. The molecular formula is C10H11N3. The van der Waals surface area contributed by atoms with Gasteiger partial charge < -0.3 is 0 Å². The Morgan fingerprint density at radius 1 is 1.62 bits per heavy atom. The number of hydrogen-bond acceptors (Lipinski definition) is 3. The summed E-state index contributed by atoms with van der Waals surface area (Å²) in [6.45, 7) is 5.47. The lowest BCUT2D eigenvalue weighted by Gasteiger charge is -1.97. The summed E-state index contributed by atoms with van der Waals surface area (Å²) in [6, 6.07) is 1.82. The van der Waals surface area contributed by atoms with E-state index >= 15 is 0 Å². The van der Waals surface area contributed by atoms with Crippen LogP contribution in [-0.2, 0) is 0 Å².